The predicted octanol–water partition coefficient (Wildman–Crippen LogP) is 3.17. The Hall–Kier alpha value is -1.97. The highest BCUT2D eigenvalue weighted by Crippen LogP contribution is 2.32. The Labute approximate surface area is 106 Å². The Morgan fingerprint density at radius 1 is 1.17 bits per heavy atom. The number of aromatic amines is 1. The summed E-state index contributed by atoms with van der Waals surface area (Å²) in [7, 11) is 3.19. The van der Waals surface area contributed by atoms with E-state index in [4.69, 9.17) is 9.47 Å². The molecule has 0 aliphatic heterocycles. The van der Waals surface area contributed by atoms with Crippen LogP contribution in [0.1, 0.15) is 30.3 Å². The number of hydrogen-bond donors (Lipinski definition) is 1. The molecule has 0 unspecified atom stereocenters. The zero-order valence-corrected chi connectivity index (χ0v) is 10.9. The molecule has 0 amide bonds. The van der Waals surface area contributed by atoms with Gasteiger partial charge in [0.2, 0.25) is 0 Å². The zero-order chi connectivity index (χ0) is 13.1. The molecule has 2 rings (SSSR count). The van der Waals surface area contributed by atoms with Crippen LogP contribution >= 0.6 is 0 Å². The van der Waals surface area contributed by atoms with E-state index < -0.39 is 0 Å². The number of methoxy groups -OCH3 is 2. The maximum atomic E-state index is 11.8. The van der Waals surface area contributed by atoms with Gasteiger partial charge in [-0.3, -0.25) is 4.79 Å². The van der Waals surface area contributed by atoms with Crippen molar-refractivity contribution in [2.45, 2.75) is 19.8 Å². The van der Waals surface area contributed by atoms with E-state index in [1.165, 1.54) is 0 Å². The molecule has 0 aliphatic carbocycles. The van der Waals surface area contributed by atoms with Crippen LogP contribution in [-0.4, -0.2) is 25.0 Å². The average Bonchev–Trinajstić information content (AvgIpc) is 2.80. The monoisotopic (exact) mass is 247 g/mol. The summed E-state index contributed by atoms with van der Waals surface area (Å²) in [4.78, 5) is 15.0. The van der Waals surface area contributed by atoms with Gasteiger partial charge in [0.15, 0.2) is 17.3 Å². The van der Waals surface area contributed by atoms with Gasteiger partial charge >= 0.3 is 0 Å². The first-order valence-corrected chi connectivity index (χ1v) is 5.97. The second-order valence-electron chi connectivity index (χ2n) is 4.15. The van der Waals surface area contributed by atoms with Gasteiger partial charge in [0.05, 0.1) is 19.9 Å². The van der Waals surface area contributed by atoms with Crippen LogP contribution in [0.4, 0.5) is 0 Å². The molecule has 0 saturated heterocycles. The summed E-state index contributed by atoms with van der Waals surface area (Å²) in [5.74, 6) is 1.45. The molecule has 18 heavy (non-hydrogen) atoms. The molecule has 4 nitrogen and oxygen atoms in total. The molecule has 1 N–H and O–H groups in total. The Balaban J connectivity index is 2.47. The van der Waals surface area contributed by atoms with E-state index in [0.29, 0.717) is 23.6 Å². The number of hydrogen-bond acceptors (Lipinski definition) is 3. The van der Waals surface area contributed by atoms with Gasteiger partial charge < -0.3 is 14.5 Å². The number of benzene rings is 1. The quantitative estimate of drug-likeness (QED) is 0.826. The number of aromatic nitrogens is 1. The normalized spacial score (nSPS) is 10.6. The number of nitrogens with one attached hydrogen (secondary N) is 1. The number of ether oxygens (including phenoxy) is 2. The number of H-pyrrole nitrogens is 1. The number of rotatable bonds is 5. The summed E-state index contributed by atoms with van der Waals surface area (Å²) in [6, 6.07) is 5.57. The van der Waals surface area contributed by atoms with Gasteiger partial charge in [-0.15, -0.1) is 0 Å². The number of ketones is 1. The molecule has 4 heteroatoms. The molecular formula is C14H17NO3. The fraction of sp³-hybridized carbons (Fsp3) is 0.357. The van der Waals surface area contributed by atoms with Crippen LogP contribution in [0.25, 0.3) is 10.9 Å². The van der Waals surface area contributed by atoms with Crippen molar-refractivity contribution < 1.29 is 14.3 Å². The predicted molar refractivity (Wildman–Crippen MR) is 70.6 cm³/mol. The molecule has 0 atom stereocenters. The van der Waals surface area contributed by atoms with E-state index in [0.717, 1.165) is 17.3 Å². The lowest BCUT2D eigenvalue weighted by atomic mass is 10.1. The average molecular weight is 247 g/mol. The molecule has 1 aromatic carbocycles. The van der Waals surface area contributed by atoms with Crippen molar-refractivity contribution in [2.75, 3.05) is 14.2 Å². The molecule has 0 fully saturated rings. The molecule has 0 spiro atoms. The molecule has 0 saturated carbocycles. The van der Waals surface area contributed by atoms with Gasteiger partial charge in [-0.25, -0.2) is 0 Å². The summed E-state index contributed by atoms with van der Waals surface area (Å²) >= 11 is 0. The van der Waals surface area contributed by atoms with Crippen molar-refractivity contribution in [3.63, 3.8) is 0 Å². The number of Topliss-reactive ketones (excluding diaryl/α,β-unsaturated/α-hetero) is 1. The Kier molecular flexibility index (Phi) is 3.55. The van der Waals surface area contributed by atoms with Crippen molar-refractivity contribution in [3.05, 3.63) is 23.9 Å². The summed E-state index contributed by atoms with van der Waals surface area (Å²) in [5, 5.41) is 0.951. The molecular weight excluding hydrogens is 230 g/mol. The van der Waals surface area contributed by atoms with E-state index >= 15 is 0 Å². The smallest absolute Gasteiger partial charge is 0.179 e. The van der Waals surface area contributed by atoms with Crippen LogP contribution in [0, 0.1) is 0 Å². The van der Waals surface area contributed by atoms with Gasteiger partial charge in [0, 0.05) is 23.4 Å². The lowest BCUT2D eigenvalue weighted by Crippen LogP contribution is -1.97. The molecule has 0 aliphatic rings. The minimum atomic E-state index is 0.131. The molecule has 1 heterocycles. The lowest BCUT2D eigenvalue weighted by molar-refractivity contribution is 0.0978. The third kappa shape index (κ3) is 2.18. The van der Waals surface area contributed by atoms with Gasteiger partial charge in [0.25, 0.3) is 0 Å². The summed E-state index contributed by atoms with van der Waals surface area (Å²) in [6.45, 7) is 1.99. The Bertz CT molecular complexity index is 531. The van der Waals surface area contributed by atoms with Gasteiger partial charge in [-0.05, 0) is 18.6 Å². The van der Waals surface area contributed by atoms with E-state index in [2.05, 4.69) is 4.98 Å². The SMILES string of the molecule is CCCC(=O)c1cc2cc(OC)c(OC)cc2[nH]1. The number of carbonyl (C=O) groups excluding carboxylic acids is 1. The third-order valence-corrected chi connectivity index (χ3v) is 2.90. The van der Waals surface area contributed by atoms with E-state index in [1.54, 1.807) is 14.2 Å². The Morgan fingerprint density at radius 2 is 1.83 bits per heavy atom. The summed E-state index contributed by atoms with van der Waals surface area (Å²) < 4.78 is 10.5. The fourth-order valence-electron chi connectivity index (χ4n) is 1.97. The molecule has 2 aromatic rings. The fourth-order valence-corrected chi connectivity index (χ4v) is 1.97. The molecule has 0 bridgehead atoms. The van der Waals surface area contributed by atoms with Crippen molar-refractivity contribution in [1.82, 2.24) is 4.98 Å². The van der Waals surface area contributed by atoms with E-state index in [1.807, 2.05) is 25.1 Å². The first kappa shape index (κ1) is 12.5. The second kappa shape index (κ2) is 5.12. The van der Waals surface area contributed by atoms with Gasteiger partial charge in [-0.1, -0.05) is 6.92 Å². The maximum Gasteiger partial charge on any atom is 0.179 e. The van der Waals surface area contributed by atoms with Crippen LogP contribution in [0.5, 0.6) is 11.5 Å². The minimum absolute atomic E-state index is 0.131. The van der Waals surface area contributed by atoms with Crippen LogP contribution in [0.3, 0.4) is 0 Å². The highest BCUT2D eigenvalue weighted by Gasteiger charge is 2.12. The van der Waals surface area contributed by atoms with Gasteiger partial charge in [0.1, 0.15) is 0 Å². The molecule has 1 aromatic heterocycles. The van der Waals surface area contributed by atoms with Crippen LogP contribution in [0.15, 0.2) is 18.2 Å². The largest absolute Gasteiger partial charge is 0.493 e. The van der Waals surface area contributed by atoms with Crippen molar-refractivity contribution in [2.24, 2.45) is 0 Å². The number of fused-ring (bicyclic) bond motifs is 1. The standard InChI is InChI=1S/C14H17NO3/c1-4-5-12(16)11-6-9-7-13(17-2)14(18-3)8-10(9)15-11/h6-8,15H,4-5H2,1-3H3. The molecule has 0 radical (unpaired) electrons. The van der Waals surface area contributed by atoms with Crippen LogP contribution in [-0.2, 0) is 0 Å². The highest BCUT2D eigenvalue weighted by atomic mass is 16.5. The van der Waals surface area contributed by atoms with Crippen LogP contribution < -0.4 is 9.47 Å². The first-order chi connectivity index (χ1) is 8.69. The summed E-state index contributed by atoms with van der Waals surface area (Å²) in [6.07, 6.45) is 1.40. The highest BCUT2D eigenvalue weighted by molar-refractivity contribution is 5.99. The Morgan fingerprint density at radius 3 is 2.44 bits per heavy atom. The molecule has 96 valence electrons. The van der Waals surface area contributed by atoms with E-state index in [-0.39, 0.29) is 5.78 Å². The van der Waals surface area contributed by atoms with Crippen molar-refractivity contribution >= 4 is 16.7 Å². The van der Waals surface area contributed by atoms with E-state index in [9.17, 15) is 4.79 Å². The minimum Gasteiger partial charge on any atom is -0.493 e. The summed E-state index contributed by atoms with van der Waals surface area (Å²) in [5.41, 5.74) is 1.52. The van der Waals surface area contributed by atoms with Crippen molar-refractivity contribution in [3.8, 4) is 11.5 Å². The topological polar surface area (TPSA) is 51.3 Å². The maximum absolute atomic E-state index is 11.8. The third-order valence-electron chi connectivity index (χ3n) is 2.90. The van der Waals surface area contributed by atoms with Crippen LogP contribution in [0.2, 0.25) is 0 Å². The first-order valence-electron chi connectivity index (χ1n) is 5.97. The van der Waals surface area contributed by atoms with Gasteiger partial charge in [-0.2, -0.15) is 0 Å². The number of carbonyl (C=O) groups is 1. The van der Waals surface area contributed by atoms with Crippen molar-refractivity contribution in [1.29, 1.82) is 0 Å². The zero-order valence-electron chi connectivity index (χ0n) is 10.9. The lowest BCUT2D eigenvalue weighted by Gasteiger charge is -2.06. The second-order valence-corrected chi connectivity index (χ2v) is 4.15.